The first-order valence-corrected chi connectivity index (χ1v) is 11.5. The molecule has 0 unspecified atom stereocenters. The summed E-state index contributed by atoms with van der Waals surface area (Å²) >= 11 is 0. The number of hydrogen-bond donors (Lipinski definition) is 0. The normalized spacial score (nSPS) is 10.9. The van der Waals surface area contributed by atoms with Crippen LogP contribution >= 0.6 is 0 Å². The number of ether oxygens (including phenoxy) is 3. The Balaban J connectivity index is 1.30. The highest BCUT2D eigenvalue weighted by molar-refractivity contribution is 5.99. The van der Waals surface area contributed by atoms with Gasteiger partial charge >= 0.3 is 11.6 Å². The van der Waals surface area contributed by atoms with Crippen LogP contribution in [0, 0.1) is 13.8 Å². The molecule has 0 aliphatic heterocycles. The highest BCUT2D eigenvalue weighted by Gasteiger charge is 2.18. The van der Waals surface area contributed by atoms with Crippen LogP contribution in [0.2, 0.25) is 0 Å². The third-order valence-electron chi connectivity index (χ3n) is 5.97. The van der Waals surface area contributed by atoms with E-state index in [-0.39, 0.29) is 19.0 Å². The maximum absolute atomic E-state index is 12.7. The molecule has 0 bridgehead atoms. The first-order chi connectivity index (χ1) is 17.3. The van der Waals surface area contributed by atoms with Crippen LogP contribution in [0.25, 0.3) is 11.0 Å². The fourth-order valence-corrected chi connectivity index (χ4v) is 4.00. The van der Waals surface area contributed by atoms with Crippen LogP contribution < -0.4 is 15.1 Å². The summed E-state index contributed by atoms with van der Waals surface area (Å²) in [6, 6.07) is 17.6. The zero-order valence-electron chi connectivity index (χ0n) is 20.4. The largest absolute Gasteiger partial charge is 0.497 e. The first kappa shape index (κ1) is 24.8. The van der Waals surface area contributed by atoms with Gasteiger partial charge in [-0.25, -0.2) is 9.59 Å². The third-order valence-corrected chi connectivity index (χ3v) is 5.97. The zero-order valence-corrected chi connectivity index (χ0v) is 20.4. The Hall–Kier alpha value is -4.33. The predicted octanol–water partition coefficient (Wildman–Crippen LogP) is 4.27. The van der Waals surface area contributed by atoms with Crippen molar-refractivity contribution < 1.29 is 28.2 Å². The van der Waals surface area contributed by atoms with Gasteiger partial charge in [0.05, 0.1) is 7.11 Å². The number of carbonyl (C=O) groups excluding carboxylic acids is 2. The van der Waals surface area contributed by atoms with Crippen molar-refractivity contribution in [3.05, 3.63) is 93.6 Å². The van der Waals surface area contributed by atoms with Crippen molar-refractivity contribution in [3.63, 3.8) is 0 Å². The van der Waals surface area contributed by atoms with Gasteiger partial charge in [0.25, 0.3) is 0 Å². The van der Waals surface area contributed by atoms with E-state index in [0.717, 1.165) is 35.5 Å². The minimum Gasteiger partial charge on any atom is -0.497 e. The molecule has 4 aromatic rings. The summed E-state index contributed by atoms with van der Waals surface area (Å²) in [6.45, 7) is 3.80. The molecule has 2 aromatic carbocycles. The molecule has 0 aliphatic carbocycles. The number of Topliss-reactive ketones (excluding diaryl/α,β-unsaturated/α-hetero) is 1. The van der Waals surface area contributed by atoms with Crippen LogP contribution in [0.4, 0.5) is 0 Å². The molecule has 36 heavy (non-hydrogen) atoms. The van der Waals surface area contributed by atoms with Crippen molar-refractivity contribution in [3.8, 4) is 11.5 Å². The summed E-state index contributed by atoms with van der Waals surface area (Å²) in [7, 11) is 1.64. The molecular weight excluding hydrogens is 462 g/mol. The Kier molecular flexibility index (Phi) is 7.53. The molecule has 0 aliphatic rings. The van der Waals surface area contributed by atoms with Crippen LogP contribution in [0.5, 0.6) is 11.5 Å². The van der Waals surface area contributed by atoms with Crippen molar-refractivity contribution in [1.29, 1.82) is 0 Å². The van der Waals surface area contributed by atoms with Gasteiger partial charge in [0.1, 0.15) is 17.1 Å². The first-order valence-electron chi connectivity index (χ1n) is 11.5. The molecule has 8 heteroatoms. The molecule has 0 fully saturated rings. The van der Waals surface area contributed by atoms with E-state index >= 15 is 0 Å². The number of ketones is 1. The molecule has 4 rings (SSSR count). The van der Waals surface area contributed by atoms with Gasteiger partial charge in [-0.2, -0.15) is 0 Å². The lowest BCUT2D eigenvalue weighted by Gasteiger charge is -2.11. The summed E-state index contributed by atoms with van der Waals surface area (Å²) in [5.74, 6) is 0.206. The van der Waals surface area contributed by atoms with Gasteiger partial charge in [0, 0.05) is 41.0 Å². The van der Waals surface area contributed by atoms with Crippen molar-refractivity contribution in [2.24, 2.45) is 0 Å². The lowest BCUT2D eigenvalue weighted by molar-refractivity contribution is -0.144. The number of carbonyl (C=O) groups is 2. The lowest BCUT2D eigenvalue weighted by Crippen LogP contribution is -2.20. The zero-order chi connectivity index (χ0) is 25.7. The van der Waals surface area contributed by atoms with Crippen LogP contribution in [0.1, 0.15) is 27.3 Å². The molecule has 186 valence electrons. The molecule has 2 aromatic heterocycles. The number of aryl methyl sites for hydroxylation is 2. The molecular formula is C28H27NO7. The number of methoxy groups -OCH3 is 1. The molecule has 0 N–H and O–H groups in total. The minimum atomic E-state index is -0.675. The summed E-state index contributed by atoms with van der Waals surface area (Å²) in [5.41, 5.74) is 3.36. The summed E-state index contributed by atoms with van der Waals surface area (Å²) in [6.07, 6.45) is 0.804. The van der Waals surface area contributed by atoms with E-state index in [1.54, 1.807) is 25.3 Å². The molecule has 0 saturated heterocycles. The average molecular weight is 490 g/mol. The topological polar surface area (TPSA) is 97.0 Å². The molecule has 0 spiro atoms. The molecule has 8 nitrogen and oxygen atoms in total. The van der Waals surface area contributed by atoms with Crippen molar-refractivity contribution in [2.45, 2.75) is 26.8 Å². The summed E-state index contributed by atoms with van der Waals surface area (Å²) in [4.78, 5) is 36.3. The van der Waals surface area contributed by atoms with Crippen LogP contribution in [0.3, 0.4) is 0 Å². The number of rotatable bonds is 10. The SMILES string of the molecule is COc1ccc(CCn2c(C)cc(C(=O)COC(=O)COc3ccc4ccc(=O)oc4c3)c2C)cc1. The van der Waals surface area contributed by atoms with E-state index in [2.05, 4.69) is 4.57 Å². The molecule has 0 saturated carbocycles. The fraction of sp³-hybridized carbons (Fsp3) is 0.250. The number of hydrogen-bond acceptors (Lipinski definition) is 7. The molecule has 0 radical (unpaired) electrons. The Morgan fingerprint density at radius 2 is 1.64 bits per heavy atom. The second-order valence-electron chi connectivity index (χ2n) is 8.36. The molecule has 2 heterocycles. The van der Waals surface area contributed by atoms with Crippen LogP contribution in [-0.2, 0) is 22.5 Å². The Labute approximate surface area is 208 Å². The van der Waals surface area contributed by atoms with E-state index in [1.807, 2.05) is 44.2 Å². The summed E-state index contributed by atoms with van der Waals surface area (Å²) in [5, 5.41) is 0.733. The smallest absolute Gasteiger partial charge is 0.344 e. The van der Waals surface area contributed by atoms with Gasteiger partial charge in [-0.05, 0) is 62.2 Å². The quantitative estimate of drug-likeness (QED) is 0.186. The molecule has 0 amide bonds. The van der Waals surface area contributed by atoms with Crippen LogP contribution in [0.15, 0.2) is 69.9 Å². The van der Waals surface area contributed by atoms with E-state index < -0.39 is 11.6 Å². The Morgan fingerprint density at radius 1 is 0.917 bits per heavy atom. The Morgan fingerprint density at radius 3 is 2.39 bits per heavy atom. The van der Waals surface area contributed by atoms with Gasteiger partial charge in [0.15, 0.2) is 13.2 Å². The van der Waals surface area contributed by atoms with Gasteiger partial charge in [-0.3, -0.25) is 4.79 Å². The summed E-state index contributed by atoms with van der Waals surface area (Å²) < 4.78 is 23.0. The number of fused-ring (bicyclic) bond motifs is 1. The predicted molar refractivity (Wildman–Crippen MR) is 134 cm³/mol. The van der Waals surface area contributed by atoms with Crippen molar-refractivity contribution in [1.82, 2.24) is 4.57 Å². The van der Waals surface area contributed by atoms with E-state index in [9.17, 15) is 14.4 Å². The standard InChI is InChI=1S/C28H27NO7/c1-18-14-24(19(2)29(18)13-12-20-4-8-22(33-3)9-5-20)25(30)16-35-28(32)17-34-23-10-6-21-7-11-27(31)36-26(21)15-23/h4-11,14-15H,12-13,16-17H2,1-3H3. The number of benzene rings is 2. The van der Waals surface area contributed by atoms with Gasteiger partial charge in [0.2, 0.25) is 5.78 Å². The fourth-order valence-electron chi connectivity index (χ4n) is 4.00. The second kappa shape index (κ2) is 10.9. The van der Waals surface area contributed by atoms with E-state index in [0.29, 0.717) is 16.9 Å². The lowest BCUT2D eigenvalue weighted by atomic mass is 10.1. The van der Waals surface area contributed by atoms with E-state index in [4.69, 9.17) is 18.6 Å². The monoisotopic (exact) mass is 489 g/mol. The van der Waals surface area contributed by atoms with Crippen molar-refractivity contribution >= 4 is 22.7 Å². The highest BCUT2D eigenvalue weighted by atomic mass is 16.6. The Bertz CT molecular complexity index is 1450. The molecule has 0 atom stereocenters. The van der Waals surface area contributed by atoms with E-state index in [1.165, 1.54) is 17.7 Å². The second-order valence-corrected chi connectivity index (χ2v) is 8.36. The maximum Gasteiger partial charge on any atom is 0.344 e. The van der Waals surface area contributed by atoms with Crippen molar-refractivity contribution in [2.75, 3.05) is 20.3 Å². The number of esters is 1. The van der Waals surface area contributed by atoms with Gasteiger partial charge in [-0.15, -0.1) is 0 Å². The average Bonchev–Trinajstić information content (AvgIpc) is 3.17. The number of nitrogens with zero attached hydrogens (tertiary/aromatic N) is 1. The highest BCUT2D eigenvalue weighted by Crippen LogP contribution is 2.20. The third kappa shape index (κ3) is 5.83. The van der Waals surface area contributed by atoms with Gasteiger partial charge in [-0.1, -0.05) is 12.1 Å². The number of aromatic nitrogens is 1. The minimum absolute atomic E-state index is 0.278. The van der Waals surface area contributed by atoms with Gasteiger partial charge < -0.3 is 23.2 Å². The maximum atomic E-state index is 12.7. The van der Waals surface area contributed by atoms with Crippen LogP contribution in [-0.4, -0.2) is 36.6 Å².